The van der Waals surface area contributed by atoms with Crippen molar-refractivity contribution in [3.05, 3.63) is 75.5 Å². The van der Waals surface area contributed by atoms with E-state index in [1.807, 2.05) is 6.08 Å². The standard InChI is InChI=1S/C27H23F3N4O5/c1-33-24-18(14-31-33)25(35)34-10-6-7-16(23(34)32-24)11-15-12-20(37-2)22(21(13-15)38-3)39-26(36)17-8-4-5-9-19(17)27(28,29)30/h4-5,8-9,11-14H,6-7,10H2,1-3H3/b16-11+. The van der Waals surface area contributed by atoms with Crippen LogP contribution in [0.3, 0.4) is 0 Å². The number of alkyl halides is 3. The Labute approximate surface area is 220 Å². The molecule has 2 aromatic carbocycles. The van der Waals surface area contributed by atoms with E-state index in [0.717, 1.165) is 24.1 Å². The van der Waals surface area contributed by atoms with Crippen LogP contribution in [0.25, 0.3) is 22.7 Å². The molecule has 0 atom stereocenters. The van der Waals surface area contributed by atoms with Crippen LogP contribution in [0, 0.1) is 0 Å². The minimum Gasteiger partial charge on any atom is -0.493 e. The first kappa shape index (κ1) is 26.0. The Morgan fingerprint density at radius 1 is 1.10 bits per heavy atom. The third-order valence-corrected chi connectivity index (χ3v) is 6.44. The number of ether oxygens (including phenoxy) is 3. The van der Waals surface area contributed by atoms with E-state index in [2.05, 4.69) is 10.1 Å². The zero-order valence-electron chi connectivity index (χ0n) is 21.2. The van der Waals surface area contributed by atoms with Gasteiger partial charge in [-0.15, -0.1) is 0 Å². The highest BCUT2D eigenvalue weighted by Crippen LogP contribution is 2.41. The Morgan fingerprint density at radius 3 is 2.46 bits per heavy atom. The van der Waals surface area contributed by atoms with E-state index in [1.165, 1.54) is 37.2 Å². The highest BCUT2D eigenvalue weighted by Gasteiger charge is 2.36. The third-order valence-electron chi connectivity index (χ3n) is 6.44. The van der Waals surface area contributed by atoms with Crippen LogP contribution < -0.4 is 19.8 Å². The minimum absolute atomic E-state index is 0.0716. The van der Waals surface area contributed by atoms with Crippen LogP contribution in [0.2, 0.25) is 0 Å². The number of carbonyl (C=O) groups excluding carboxylic acids is 1. The molecule has 202 valence electrons. The van der Waals surface area contributed by atoms with Gasteiger partial charge in [-0.1, -0.05) is 12.1 Å². The van der Waals surface area contributed by atoms with Crippen LogP contribution in [0.5, 0.6) is 17.2 Å². The summed E-state index contributed by atoms with van der Waals surface area (Å²) >= 11 is 0. The Balaban J connectivity index is 1.55. The van der Waals surface area contributed by atoms with Gasteiger partial charge in [0.2, 0.25) is 5.75 Å². The predicted octanol–water partition coefficient (Wildman–Crippen LogP) is 4.72. The lowest BCUT2D eigenvalue weighted by Crippen LogP contribution is -2.27. The van der Waals surface area contributed by atoms with Gasteiger partial charge in [0.15, 0.2) is 17.1 Å². The molecule has 0 saturated carbocycles. The molecule has 0 unspecified atom stereocenters. The van der Waals surface area contributed by atoms with Crippen molar-refractivity contribution in [2.75, 3.05) is 14.2 Å². The summed E-state index contributed by atoms with van der Waals surface area (Å²) in [5.74, 6) is -0.723. The lowest BCUT2D eigenvalue weighted by molar-refractivity contribution is -0.138. The number of hydrogen-bond acceptors (Lipinski definition) is 7. The van der Waals surface area contributed by atoms with Gasteiger partial charge in [-0.25, -0.2) is 9.78 Å². The number of fused-ring (bicyclic) bond motifs is 2. The average Bonchev–Trinajstić information content (AvgIpc) is 3.29. The van der Waals surface area contributed by atoms with Crippen molar-refractivity contribution < 1.29 is 32.2 Å². The zero-order chi connectivity index (χ0) is 27.9. The first-order valence-electron chi connectivity index (χ1n) is 11.9. The third kappa shape index (κ3) is 4.73. The maximum absolute atomic E-state index is 13.4. The zero-order valence-corrected chi connectivity index (χ0v) is 21.2. The second-order valence-corrected chi connectivity index (χ2v) is 8.86. The summed E-state index contributed by atoms with van der Waals surface area (Å²) < 4.78 is 59.7. The Morgan fingerprint density at radius 2 is 1.79 bits per heavy atom. The monoisotopic (exact) mass is 540 g/mol. The van der Waals surface area contributed by atoms with E-state index < -0.39 is 23.3 Å². The molecule has 0 N–H and O–H groups in total. The molecular weight excluding hydrogens is 517 g/mol. The summed E-state index contributed by atoms with van der Waals surface area (Å²) in [6, 6.07) is 7.48. The second kappa shape index (κ2) is 9.93. The Bertz CT molecular complexity index is 1660. The molecule has 0 bridgehead atoms. The maximum Gasteiger partial charge on any atom is 0.417 e. The van der Waals surface area contributed by atoms with E-state index in [-0.39, 0.29) is 22.8 Å². The van der Waals surface area contributed by atoms with E-state index >= 15 is 0 Å². The Hall–Kier alpha value is -4.61. The van der Waals surface area contributed by atoms with Gasteiger partial charge in [-0.3, -0.25) is 14.0 Å². The van der Waals surface area contributed by atoms with Crippen LogP contribution in [-0.2, 0) is 19.8 Å². The first-order chi connectivity index (χ1) is 18.6. The molecule has 1 aliphatic heterocycles. The molecule has 9 nitrogen and oxygen atoms in total. The molecule has 4 aromatic rings. The van der Waals surface area contributed by atoms with E-state index in [9.17, 15) is 22.8 Å². The Kier molecular flexibility index (Phi) is 6.62. The molecule has 0 spiro atoms. The molecule has 12 heteroatoms. The molecule has 0 radical (unpaired) electrons. The van der Waals surface area contributed by atoms with Gasteiger partial charge < -0.3 is 14.2 Å². The van der Waals surface area contributed by atoms with Gasteiger partial charge in [0.1, 0.15) is 11.2 Å². The molecule has 5 rings (SSSR count). The van der Waals surface area contributed by atoms with Crippen LogP contribution in [0.1, 0.15) is 40.2 Å². The SMILES string of the molecule is COc1cc(/C=C2\CCCn3c2nc2c(cnn2C)c3=O)cc(OC)c1OC(=O)c1ccccc1C(F)(F)F. The number of hydrogen-bond donors (Lipinski definition) is 0. The van der Waals surface area contributed by atoms with Gasteiger partial charge in [0.25, 0.3) is 5.56 Å². The van der Waals surface area contributed by atoms with Crippen LogP contribution in [-0.4, -0.2) is 39.5 Å². The molecule has 39 heavy (non-hydrogen) atoms. The maximum atomic E-state index is 13.4. The predicted molar refractivity (Wildman–Crippen MR) is 136 cm³/mol. The second-order valence-electron chi connectivity index (χ2n) is 8.86. The number of methoxy groups -OCH3 is 2. The normalized spacial score (nSPS) is 14.4. The number of esters is 1. The first-order valence-corrected chi connectivity index (χ1v) is 11.9. The summed E-state index contributed by atoms with van der Waals surface area (Å²) in [5.41, 5.74) is -0.0927. The quantitative estimate of drug-likeness (QED) is 0.267. The molecule has 0 amide bonds. The number of aryl methyl sites for hydroxylation is 1. The summed E-state index contributed by atoms with van der Waals surface area (Å²) in [5, 5.41) is 4.57. The van der Waals surface area contributed by atoms with Gasteiger partial charge in [0, 0.05) is 13.6 Å². The van der Waals surface area contributed by atoms with Crippen LogP contribution >= 0.6 is 0 Å². The lowest BCUT2D eigenvalue weighted by atomic mass is 10.0. The van der Waals surface area contributed by atoms with Crippen molar-refractivity contribution in [2.24, 2.45) is 7.05 Å². The fourth-order valence-electron chi connectivity index (χ4n) is 4.59. The van der Waals surface area contributed by atoms with Crippen molar-refractivity contribution in [3.63, 3.8) is 0 Å². The number of nitrogens with zero attached hydrogens (tertiary/aromatic N) is 4. The summed E-state index contributed by atoms with van der Waals surface area (Å²) in [4.78, 5) is 30.5. The van der Waals surface area contributed by atoms with E-state index in [0.29, 0.717) is 35.4 Å². The minimum atomic E-state index is -4.74. The van der Waals surface area contributed by atoms with Crippen LogP contribution in [0.15, 0.2) is 47.4 Å². The molecule has 2 aromatic heterocycles. The van der Waals surface area contributed by atoms with Crippen molar-refractivity contribution in [3.8, 4) is 17.2 Å². The van der Waals surface area contributed by atoms with Crippen molar-refractivity contribution in [1.29, 1.82) is 0 Å². The van der Waals surface area contributed by atoms with Gasteiger partial charge >= 0.3 is 12.1 Å². The molecule has 0 aliphatic carbocycles. The van der Waals surface area contributed by atoms with Gasteiger partial charge in [-0.05, 0) is 54.3 Å². The molecule has 0 saturated heterocycles. The van der Waals surface area contributed by atoms with Gasteiger partial charge in [-0.2, -0.15) is 18.3 Å². The summed E-state index contributed by atoms with van der Waals surface area (Å²) in [7, 11) is 4.38. The molecule has 0 fully saturated rings. The number of allylic oxidation sites excluding steroid dienone is 1. The molecule has 1 aliphatic rings. The highest BCUT2D eigenvalue weighted by atomic mass is 19.4. The van der Waals surface area contributed by atoms with E-state index in [4.69, 9.17) is 14.2 Å². The number of carbonyl (C=O) groups is 1. The largest absolute Gasteiger partial charge is 0.493 e. The van der Waals surface area contributed by atoms with Crippen molar-refractivity contribution >= 4 is 28.7 Å². The van der Waals surface area contributed by atoms with Crippen molar-refractivity contribution in [1.82, 2.24) is 19.3 Å². The molecular formula is C27H23F3N4O5. The van der Waals surface area contributed by atoms with Crippen molar-refractivity contribution in [2.45, 2.75) is 25.6 Å². The lowest BCUT2D eigenvalue weighted by Gasteiger charge is -2.21. The number of halogens is 3. The summed E-state index contributed by atoms with van der Waals surface area (Å²) in [6.45, 7) is 0.518. The smallest absolute Gasteiger partial charge is 0.417 e. The fraction of sp³-hybridized carbons (Fsp3) is 0.259. The van der Waals surface area contributed by atoms with Gasteiger partial charge in [0.05, 0.1) is 31.5 Å². The number of rotatable bonds is 5. The fourth-order valence-corrected chi connectivity index (χ4v) is 4.59. The topological polar surface area (TPSA) is 97.5 Å². The van der Waals surface area contributed by atoms with Crippen LogP contribution in [0.4, 0.5) is 13.2 Å². The summed E-state index contributed by atoms with van der Waals surface area (Å²) in [6.07, 6.45) is -0.0681. The highest BCUT2D eigenvalue weighted by molar-refractivity contribution is 5.94. The average molecular weight is 540 g/mol. The number of benzene rings is 2. The van der Waals surface area contributed by atoms with E-state index in [1.54, 1.807) is 23.7 Å². The molecule has 3 heterocycles. The number of aromatic nitrogens is 4.